The number of halogens is 1. The van der Waals surface area contributed by atoms with E-state index in [0.29, 0.717) is 12.1 Å². The first-order chi connectivity index (χ1) is 16.7. The normalized spacial score (nSPS) is 14.2. The fourth-order valence-corrected chi connectivity index (χ4v) is 4.01. The maximum atomic E-state index is 14.0. The van der Waals surface area contributed by atoms with Crippen LogP contribution in [0.5, 0.6) is 0 Å². The molecule has 0 aliphatic carbocycles. The number of hydroxylamine groups is 1. The number of pyridine rings is 2. The molecule has 1 aromatic carbocycles. The van der Waals surface area contributed by atoms with Crippen LogP contribution in [-0.4, -0.2) is 49.9 Å². The highest BCUT2D eigenvalue weighted by Crippen LogP contribution is 2.24. The largest absolute Gasteiger partial charge is 0.390 e. The van der Waals surface area contributed by atoms with Gasteiger partial charge in [0, 0.05) is 11.6 Å². The Morgan fingerprint density at radius 3 is 2.51 bits per heavy atom. The third-order valence-corrected chi connectivity index (χ3v) is 5.87. The van der Waals surface area contributed by atoms with Crippen LogP contribution in [-0.2, 0) is 11.2 Å². The van der Waals surface area contributed by atoms with Gasteiger partial charge in [0.25, 0.3) is 5.91 Å². The average Bonchev–Trinajstić information content (AvgIpc) is 2.85. The second-order valence-corrected chi connectivity index (χ2v) is 9.20. The maximum absolute atomic E-state index is 14.0. The first-order valence-corrected chi connectivity index (χ1v) is 11.6. The summed E-state index contributed by atoms with van der Waals surface area (Å²) in [4.78, 5) is 34.0. The summed E-state index contributed by atoms with van der Waals surface area (Å²) in [6.07, 6.45) is 1.06. The van der Waals surface area contributed by atoms with E-state index in [2.05, 4.69) is 15.3 Å². The van der Waals surface area contributed by atoms with E-state index in [9.17, 15) is 24.3 Å². The van der Waals surface area contributed by atoms with E-state index in [-0.39, 0.29) is 25.0 Å². The van der Waals surface area contributed by atoms with Gasteiger partial charge in [-0.1, -0.05) is 30.3 Å². The fourth-order valence-electron chi connectivity index (χ4n) is 4.01. The van der Waals surface area contributed by atoms with Gasteiger partial charge in [0.1, 0.15) is 11.4 Å². The van der Waals surface area contributed by atoms with E-state index in [1.54, 1.807) is 29.9 Å². The van der Waals surface area contributed by atoms with Gasteiger partial charge in [-0.05, 0) is 69.4 Å². The molecule has 0 saturated heterocycles. The summed E-state index contributed by atoms with van der Waals surface area (Å²) in [5.41, 5.74) is 1.51. The van der Waals surface area contributed by atoms with Gasteiger partial charge in [-0.15, -0.1) is 0 Å². The molecule has 2 heterocycles. The van der Waals surface area contributed by atoms with Crippen LogP contribution in [0.1, 0.15) is 49.2 Å². The number of benzene rings is 1. The van der Waals surface area contributed by atoms with Crippen molar-refractivity contribution in [2.75, 3.05) is 0 Å². The molecule has 0 radical (unpaired) electrons. The van der Waals surface area contributed by atoms with Gasteiger partial charge >= 0.3 is 0 Å². The van der Waals surface area contributed by atoms with Crippen LogP contribution in [0.25, 0.3) is 11.0 Å². The third-order valence-electron chi connectivity index (χ3n) is 5.87. The molecular weight excluding hydrogens is 451 g/mol. The number of nitrogens with zero attached hydrogens (tertiary/aromatic N) is 2. The predicted octanol–water partition coefficient (Wildman–Crippen LogP) is 3.37. The van der Waals surface area contributed by atoms with Crippen molar-refractivity contribution in [2.45, 2.75) is 57.3 Å². The molecule has 3 atom stereocenters. The summed E-state index contributed by atoms with van der Waals surface area (Å²) in [6, 6.07) is 15.2. The van der Waals surface area contributed by atoms with Crippen LogP contribution in [0.15, 0.2) is 60.8 Å². The molecule has 4 N–H and O–H groups in total. The summed E-state index contributed by atoms with van der Waals surface area (Å²) in [5.74, 6) is -2.40. The van der Waals surface area contributed by atoms with Gasteiger partial charge in [-0.3, -0.25) is 14.8 Å². The van der Waals surface area contributed by atoms with Crippen molar-refractivity contribution in [1.29, 1.82) is 0 Å². The second-order valence-electron chi connectivity index (χ2n) is 9.20. The SMILES string of the molecule is CC(C)(F)CCCC(C(=O)NO)C(O)C(Cc1ccccc1)NC(=O)c1ccc2cccnc2n1. The zero-order chi connectivity index (χ0) is 25.4. The summed E-state index contributed by atoms with van der Waals surface area (Å²) < 4.78 is 14.0. The molecule has 186 valence electrons. The lowest BCUT2D eigenvalue weighted by molar-refractivity contribution is -0.138. The van der Waals surface area contributed by atoms with E-state index in [0.717, 1.165) is 10.9 Å². The lowest BCUT2D eigenvalue weighted by atomic mass is 9.86. The van der Waals surface area contributed by atoms with Gasteiger partial charge < -0.3 is 10.4 Å². The summed E-state index contributed by atoms with van der Waals surface area (Å²) in [5, 5.41) is 24.0. The van der Waals surface area contributed by atoms with E-state index in [4.69, 9.17) is 0 Å². The molecule has 2 aromatic heterocycles. The van der Waals surface area contributed by atoms with Crippen molar-refractivity contribution in [3.05, 3.63) is 72.1 Å². The van der Waals surface area contributed by atoms with Gasteiger partial charge in [0.05, 0.1) is 18.1 Å². The number of carbonyl (C=O) groups excluding carboxylic acids is 2. The second kappa shape index (κ2) is 11.8. The average molecular weight is 483 g/mol. The lowest BCUT2D eigenvalue weighted by Crippen LogP contribution is -2.51. The van der Waals surface area contributed by atoms with Crippen LogP contribution in [0, 0.1) is 5.92 Å². The van der Waals surface area contributed by atoms with E-state index >= 15 is 0 Å². The molecule has 0 spiro atoms. The quantitative estimate of drug-likeness (QED) is 0.245. The van der Waals surface area contributed by atoms with Crippen molar-refractivity contribution in [3.8, 4) is 0 Å². The molecule has 8 nitrogen and oxygen atoms in total. The highest BCUT2D eigenvalue weighted by molar-refractivity contribution is 5.94. The minimum absolute atomic E-state index is 0.115. The van der Waals surface area contributed by atoms with Crippen LogP contribution in [0.4, 0.5) is 4.39 Å². The number of aliphatic hydroxyl groups excluding tert-OH is 1. The van der Waals surface area contributed by atoms with Crippen LogP contribution >= 0.6 is 0 Å². The number of rotatable bonds is 11. The Morgan fingerprint density at radius 2 is 1.83 bits per heavy atom. The van der Waals surface area contributed by atoms with Crippen molar-refractivity contribution in [3.63, 3.8) is 0 Å². The summed E-state index contributed by atoms with van der Waals surface area (Å²) in [7, 11) is 0. The first-order valence-electron chi connectivity index (χ1n) is 11.6. The molecule has 3 unspecified atom stereocenters. The van der Waals surface area contributed by atoms with Crippen molar-refractivity contribution in [2.24, 2.45) is 5.92 Å². The minimum Gasteiger partial charge on any atom is -0.390 e. The molecule has 0 saturated carbocycles. The monoisotopic (exact) mass is 482 g/mol. The minimum atomic E-state index is -1.43. The van der Waals surface area contributed by atoms with Crippen LogP contribution in [0.2, 0.25) is 0 Å². The zero-order valence-corrected chi connectivity index (χ0v) is 19.8. The highest BCUT2D eigenvalue weighted by Gasteiger charge is 2.34. The Morgan fingerprint density at radius 1 is 1.09 bits per heavy atom. The Balaban J connectivity index is 1.84. The fraction of sp³-hybridized carbons (Fsp3) is 0.385. The molecule has 0 bridgehead atoms. The number of alkyl halides is 1. The molecule has 0 fully saturated rings. The lowest BCUT2D eigenvalue weighted by Gasteiger charge is -2.30. The van der Waals surface area contributed by atoms with E-state index in [1.807, 2.05) is 36.4 Å². The Labute approximate surface area is 203 Å². The summed E-state index contributed by atoms with van der Waals surface area (Å²) >= 11 is 0. The number of carbonyl (C=O) groups is 2. The number of nitrogens with one attached hydrogen (secondary N) is 2. The van der Waals surface area contributed by atoms with Gasteiger partial charge in [-0.2, -0.15) is 0 Å². The Bertz CT molecular complexity index is 1140. The van der Waals surface area contributed by atoms with Crippen LogP contribution < -0.4 is 10.8 Å². The van der Waals surface area contributed by atoms with Crippen molar-refractivity contribution >= 4 is 22.8 Å². The highest BCUT2D eigenvalue weighted by atomic mass is 19.1. The molecule has 35 heavy (non-hydrogen) atoms. The van der Waals surface area contributed by atoms with Gasteiger partial charge in [0.15, 0.2) is 5.65 Å². The molecule has 0 aliphatic heterocycles. The number of aliphatic hydroxyl groups is 1. The molecule has 0 aliphatic rings. The van der Waals surface area contributed by atoms with Gasteiger partial charge in [-0.25, -0.2) is 19.8 Å². The molecule has 3 rings (SSSR count). The molecule has 9 heteroatoms. The number of hydrogen-bond donors (Lipinski definition) is 4. The first kappa shape index (κ1) is 26.2. The Kier molecular flexibility index (Phi) is 8.84. The number of amides is 2. The standard InChI is InChI=1S/C26H31FN4O4/c1-26(2,27)14-6-11-19(24(33)31-35)22(32)21(16-17-8-4-3-5-9-17)30-25(34)20-13-12-18-10-7-15-28-23(18)29-20/h3-5,7-10,12-13,15,19,21-22,32,35H,6,11,14,16H2,1-2H3,(H,30,34)(H,31,33). The van der Waals surface area contributed by atoms with Gasteiger partial charge in [0.2, 0.25) is 5.91 Å². The van der Waals surface area contributed by atoms with Crippen molar-refractivity contribution in [1.82, 2.24) is 20.8 Å². The summed E-state index contributed by atoms with van der Waals surface area (Å²) in [6.45, 7) is 2.88. The van der Waals surface area contributed by atoms with E-state index in [1.165, 1.54) is 13.8 Å². The van der Waals surface area contributed by atoms with E-state index < -0.39 is 35.5 Å². The van der Waals surface area contributed by atoms with Crippen molar-refractivity contribution < 1.29 is 24.3 Å². The number of aromatic nitrogens is 2. The smallest absolute Gasteiger partial charge is 0.270 e. The molecular formula is C26H31FN4O4. The number of fused-ring (bicyclic) bond motifs is 1. The molecule has 3 aromatic rings. The zero-order valence-electron chi connectivity index (χ0n) is 19.8. The predicted molar refractivity (Wildman–Crippen MR) is 129 cm³/mol. The maximum Gasteiger partial charge on any atom is 0.270 e. The van der Waals surface area contributed by atoms with Crippen LogP contribution in [0.3, 0.4) is 0 Å². The third kappa shape index (κ3) is 7.53. The number of hydrogen-bond acceptors (Lipinski definition) is 6. The Hall–Kier alpha value is -3.43. The topological polar surface area (TPSA) is 124 Å². The molecule has 2 amide bonds.